The third-order valence-electron chi connectivity index (χ3n) is 2.73. The molecule has 5 nitrogen and oxygen atoms in total. The summed E-state index contributed by atoms with van der Waals surface area (Å²) in [7, 11) is 0. The van der Waals surface area contributed by atoms with E-state index < -0.39 is 0 Å². The molecular formula is C12H19N5S. The molecule has 0 radical (unpaired) electrons. The summed E-state index contributed by atoms with van der Waals surface area (Å²) < 4.78 is 1.86. The van der Waals surface area contributed by atoms with Crippen molar-refractivity contribution in [3.05, 3.63) is 21.8 Å². The second-order valence-electron chi connectivity index (χ2n) is 4.31. The first-order chi connectivity index (χ1) is 8.74. The standard InChI is InChI=1S/C12H19N5S/c1-3-5-10-12(13)15-16-17(10)7-9-8-18-11(14-9)6-4-2/h8H,3-7,13H2,1-2H3. The van der Waals surface area contributed by atoms with Crippen LogP contribution in [0.2, 0.25) is 0 Å². The first kappa shape index (κ1) is 13.0. The Morgan fingerprint density at radius 3 is 2.78 bits per heavy atom. The maximum absolute atomic E-state index is 5.82. The summed E-state index contributed by atoms with van der Waals surface area (Å²) in [6, 6.07) is 0. The second-order valence-corrected chi connectivity index (χ2v) is 5.25. The smallest absolute Gasteiger partial charge is 0.169 e. The molecule has 0 atom stereocenters. The fourth-order valence-electron chi connectivity index (χ4n) is 1.87. The lowest BCUT2D eigenvalue weighted by molar-refractivity contribution is 0.605. The molecule has 2 heterocycles. The number of hydrogen-bond donors (Lipinski definition) is 1. The fraction of sp³-hybridized carbons (Fsp3) is 0.583. The predicted octanol–water partition coefficient (Wildman–Crippen LogP) is 2.27. The number of rotatable bonds is 6. The van der Waals surface area contributed by atoms with Gasteiger partial charge in [0.15, 0.2) is 5.82 Å². The number of aromatic nitrogens is 4. The van der Waals surface area contributed by atoms with E-state index in [0.29, 0.717) is 12.4 Å². The van der Waals surface area contributed by atoms with E-state index in [1.165, 1.54) is 5.01 Å². The molecule has 0 saturated heterocycles. The zero-order valence-electron chi connectivity index (χ0n) is 10.9. The molecule has 6 heteroatoms. The molecule has 0 fully saturated rings. The number of nitrogens with two attached hydrogens (primary N) is 1. The van der Waals surface area contributed by atoms with Gasteiger partial charge >= 0.3 is 0 Å². The van der Waals surface area contributed by atoms with Crippen LogP contribution in [0.3, 0.4) is 0 Å². The Hall–Kier alpha value is -1.43. The van der Waals surface area contributed by atoms with Gasteiger partial charge in [0.05, 0.1) is 22.9 Å². The van der Waals surface area contributed by atoms with E-state index in [1.807, 2.05) is 4.68 Å². The Kier molecular flexibility index (Phi) is 4.30. The van der Waals surface area contributed by atoms with Crippen molar-refractivity contribution in [2.75, 3.05) is 5.73 Å². The minimum atomic E-state index is 0.542. The topological polar surface area (TPSA) is 69.6 Å². The quantitative estimate of drug-likeness (QED) is 0.870. The molecule has 0 spiro atoms. The van der Waals surface area contributed by atoms with Crippen molar-refractivity contribution in [1.29, 1.82) is 0 Å². The number of thiazole rings is 1. The molecule has 2 rings (SSSR count). The molecule has 0 amide bonds. The van der Waals surface area contributed by atoms with E-state index in [0.717, 1.165) is 37.1 Å². The lowest BCUT2D eigenvalue weighted by Crippen LogP contribution is -2.07. The second kappa shape index (κ2) is 5.95. The van der Waals surface area contributed by atoms with Crippen molar-refractivity contribution in [2.45, 2.75) is 46.1 Å². The summed E-state index contributed by atoms with van der Waals surface area (Å²) in [6.07, 6.45) is 4.12. The minimum absolute atomic E-state index is 0.542. The van der Waals surface area contributed by atoms with Crippen LogP contribution >= 0.6 is 11.3 Å². The highest BCUT2D eigenvalue weighted by Crippen LogP contribution is 2.15. The highest BCUT2D eigenvalue weighted by atomic mass is 32.1. The highest BCUT2D eigenvalue weighted by Gasteiger charge is 2.11. The number of nitrogen functional groups attached to an aromatic ring is 1. The van der Waals surface area contributed by atoms with Crippen molar-refractivity contribution in [3.8, 4) is 0 Å². The Morgan fingerprint density at radius 2 is 2.06 bits per heavy atom. The largest absolute Gasteiger partial charge is 0.381 e. The molecule has 0 aliphatic carbocycles. The van der Waals surface area contributed by atoms with E-state index >= 15 is 0 Å². The van der Waals surface area contributed by atoms with Crippen LogP contribution in [0, 0.1) is 0 Å². The molecule has 0 aliphatic heterocycles. The van der Waals surface area contributed by atoms with Crippen molar-refractivity contribution in [3.63, 3.8) is 0 Å². The summed E-state index contributed by atoms with van der Waals surface area (Å²) >= 11 is 1.72. The van der Waals surface area contributed by atoms with Crippen LogP contribution in [-0.2, 0) is 19.4 Å². The average molecular weight is 265 g/mol. The summed E-state index contributed by atoms with van der Waals surface area (Å²) in [5.74, 6) is 0.542. The van der Waals surface area contributed by atoms with Gasteiger partial charge in [-0.1, -0.05) is 25.5 Å². The van der Waals surface area contributed by atoms with Crippen molar-refractivity contribution in [2.24, 2.45) is 0 Å². The van der Waals surface area contributed by atoms with Gasteiger partial charge in [-0.15, -0.1) is 16.4 Å². The Labute approximate surface area is 111 Å². The molecule has 98 valence electrons. The highest BCUT2D eigenvalue weighted by molar-refractivity contribution is 7.09. The Morgan fingerprint density at radius 1 is 1.28 bits per heavy atom. The molecule has 0 aromatic carbocycles. The van der Waals surface area contributed by atoms with Gasteiger partial charge in [-0.05, 0) is 19.3 Å². The Bertz CT molecular complexity index is 502. The molecule has 2 N–H and O–H groups in total. The monoisotopic (exact) mass is 265 g/mol. The molecular weight excluding hydrogens is 246 g/mol. The average Bonchev–Trinajstić information content (AvgIpc) is 2.92. The molecule has 0 unspecified atom stereocenters. The van der Waals surface area contributed by atoms with Crippen LogP contribution in [0.15, 0.2) is 5.38 Å². The van der Waals surface area contributed by atoms with Gasteiger partial charge in [-0.2, -0.15) is 0 Å². The van der Waals surface area contributed by atoms with E-state index in [2.05, 4.69) is 34.5 Å². The van der Waals surface area contributed by atoms with Crippen LogP contribution < -0.4 is 5.73 Å². The third kappa shape index (κ3) is 2.87. The van der Waals surface area contributed by atoms with E-state index in [1.54, 1.807) is 11.3 Å². The molecule has 0 aliphatic rings. The van der Waals surface area contributed by atoms with Crippen LogP contribution in [0.1, 0.15) is 43.1 Å². The van der Waals surface area contributed by atoms with E-state index in [9.17, 15) is 0 Å². The van der Waals surface area contributed by atoms with Gasteiger partial charge in [0, 0.05) is 5.38 Å². The van der Waals surface area contributed by atoms with Gasteiger partial charge in [0.2, 0.25) is 0 Å². The van der Waals surface area contributed by atoms with Crippen LogP contribution in [0.4, 0.5) is 5.82 Å². The summed E-state index contributed by atoms with van der Waals surface area (Å²) in [6.45, 7) is 4.96. The number of aryl methyl sites for hydroxylation is 1. The zero-order valence-corrected chi connectivity index (χ0v) is 11.7. The van der Waals surface area contributed by atoms with E-state index in [-0.39, 0.29) is 0 Å². The third-order valence-corrected chi connectivity index (χ3v) is 3.69. The van der Waals surface area contributed by atoms with Crippen LogP contribution in [0.25, 0.3) is 0 Å². The van der Waals surface area contributed by atoms with Gasteiger partial charge in [0.1, 0.15) is 0 Å². The molecule has 2 aromatic rings. The summed E-state index contributed by atoms with van der Waals surface area (Å²) in [4.78, 5) is 4.59. The zero-order chi connectivity index (χ0) is 13.0. The predicted molar refractivity (Wildman–Crippen MR) is 73.6 cm³/mol. The lowest BCUT2D eigenvalue weighted by Gasteiger charge is -2.03. The minimum Gasteiger partial charge on any atom is -0.381 e. The number of nitrogens with zero attached hydrogens (tertiary/aromatic N) is 4. The first-order valence-corrected chi connectivity index (χ1v) is 7.23. The van der Waals surface area contributed by atoms with Gasteiger partial charge in [0.25, 0.3) is 0 Å². The molecule has 18 heavy (non-hydrogen) atoms. The number of hydrogen-bond acceptors (Lipinski definition) is 5. The van der Waals surface area contributed by atoms with Crippen molar-refractivity contribution >= 4 is 17.2 Å². The molecule has 0 saturated carbocycles. The number of anilines is 1. The summed E-state index contributed by atoms with van der Waals surface area (Å²) in [5.41, 5.74) is 7.88. The lowest BCUT2D eigenvalue weighted by atomic mass is 10.2. The van der Waals surface area contributed by atoms with Crippen LogP contribution in [-0.4, -0.2) is 20.0 Å². The first-order valence-electron chi connectivity index (χ1n) is 6.35. The van der Waals surface area contributed by atoms with Crippen molar-refractivity contribution < 1.29 is 0 Å². The maximum atomic E-state index is 5.82. The normalized spacial score (nSPS) is 11.0. The van der Waals surface area contributed by atoms with Gasteiger partial charge in [-0.25, -0.2) is 9.67 Å². The van der Waals surface area contributed by atoms with Gasteiger partial charge in [-0.3, -0.25) is 0 Å². The maximum Gasteiger partial charge on any atom is 0.169 e. The fourth-order valence-corrected chi connectivity index (χ4v) is 2.76. The Balaban J connectivity index is 2.12. The summed E-state index contributed by atoms with van der Waals surface area (Å²) in [5, 5.41) is 11.3. The van der Waals surface area contributed by atoms with E-state index in [4.69, 9.17) is 5.73 Å². The van der Waals surface area contributed by atoms with Crippen LogP contribution in [0.5, 0.6) is 0 Å². The van der Waals surface area contributed by atoms with Gasteiger partial charge < -0.3 is 5.73 Å². The SMILES string of the molecule is CCCc1nc(Cn2nnc(N)c2CCC)cs1. The molecule has 2 aromatic heterocycles. The van der Waals surface area contributed by atoms with Crippen molar-refractivity contribution in [1.82, 2.24) is 20.0 Å². The molecule has 0 bridgehead atoms.